The van der Waals surface area contributed by atoms with Gasteiger partial charge in [-0.25, -0.2) is 0 Å². The van der Waals surface area contributed by atoms with Gasteiger partial charge >= 0.3 is 0 Å². The van der Waals surface area contributed by atoms with Crippen LogP contribution in [0, 0.1) is 17.3 Å². The summed E-state index contributed by atoms with van der Waals surface area (Å²) in [5.41, 5.74) is 0.286. The Labute approximate surface area is 159 Å². The van der Waals surface area contributed by atoms with Gasteiger partial charge < -0.3 is 14.1 Å². The highest BCUT2D eigenvalue weighted by Crippen LogP contribution is 2.43. The van der Waals surface area contributed by atoms with Crippen molar-refractivity contribution in [3.8, 4) is 0 Å². The summed E-state index contributed by atoms with van der Waals surface area (Å²) >= 11 is 0. The average Bonchev–Trinajstić information content (AvgIpc) is 3.10. The van der Waals surface area contributed by atoms with E-state index in [-0.39, 0.29) is 11.3 Å². The molecule has 0 spiro atoms. The lowest BCUT2D eigenvalue weighted by molar-refractivity contribution is -0.131. The molecule has 1 saturated heterocycles. The van der Waals surface area contributed by atoms with Crippen molar-refractivity contribution in [3.63, 3.8) is 0 Å². The summed E-state index contributed by atoms with van der Waals surface area (Å²) < 4.78 is 11.5. The van der Waals surface area contributed by atoms with Crippen LogP contribution in [0.25, 0.3) is 0 Å². The van der Waals surface area contributed by atoms with Crippen molar-refractivity contribution in [1.82, 2.24) is 4.90 Å². The molecule has 1 fully saturated rings. The van der Waals surface area contributed by atoms with E-state index >= 15 is 0 Å². The summed E-state index contributed by atoms with van der Waals surface area (Å²) in [4.78, 5) is 14.1. The third-order valence-electron chi connectivity index (χ3n) is 5.88. The summed E-state index contributed by atoms with van der Waals surface area (Å²) in [6.07, 6.45) is 7.74. The minimum atomic E-state index is 0.118. The first kappa shape index (κ1) is 21.0. The van der Waals surface area contributed by atoms with Gasteiger partial charge in [0.05, 0.1) is 18.9 Å². The molecule has 4 nitrogen and oxygen atoms in total. The highest BCUT2D eigenvalue weighted by Gasteiger charge is 2.38. The molecule has 0 saturated carbocycles. The summed E-state index contributed by atoms with van der Waals surface area (Å²) in [7, 11) is 0. The van der Waals surface area contributed by atoms with Crippen LogP contribution < -0.4 is 0 Å². The first-order chi connectivity index (χ1) is 12.3. The molecule has 0 N–H and O–H groups in total. The van der Waals surface area contributed by atoms with E-state index in [9.17, 15) is 4.79 Å². The molecule has 2 atom stereocenters. The van der Waals surface area contributed by atoms with E-state index in [0.717, 1.165) is 38.2 Å². The van der Waals surface area contributed by atoms with Crippen LogP contribution in [-0.2, 0) is 16.1 Å². The Morgan fingerprint density at radius 3 is 2.65 bits per heavy atom. The standard InChI is InChI=1S/C22H37NO3/c1-17(2)8-9-22(11-14-26-21(15-22)18(3)4)10-12-23(19(5)24)16-20-7-6-13-25-20/h6-7,13,17-18,21H,8-12,14-16H2,1-5H3/t21-,22+/m1/s1. The summed E-state index contributed by atoms with van der Waals surface area (Å²) in [6.45, 7) is 13.0. The summed E-state index contributed by atoms with van der Waals surface area (Å²) in [5.74, 6) is 2.22. The topological polar surface area (TPSA) is 42.7 Å². The highest BCUT2D eigenvalue weighted by molar-refractivity contribution is 5.73. The van der Waals surface area contributed by atoms with Crippen molar-refractivity contribution in [2.75, 3.05) is 13.2 Å². The first-order valence-corrected chi connectivity index (χ1v) is 10.2. The van der Waals surface area contributed by atoms with Crippen LogP contribution in [0.4, 0.5) is 0 Å². The fourth-order valence-corrected chi connectivity index (χ4v) is 3.93. The number of hydrogen-bond donors (Lipinski definition) is 0. The Hall–Kier alpha value is -1.29. The monoisotopic (exact) mass is 363 g/mol. The van der Waals surface area contributed by atoms with Crippen LogP contribution in [0.5, 0.6) is 0 Å². The second-order valence-electron chi connectivity index (χ2n) is 8.81. The molecule has 26 heavy (non-hydrogen) atoms. The number of hydrogen-bond acceptors (Lipinski definition) is 3. The van der Waals surface area contributed by atoms with E-state index in [0.29, 0.717) is 24.5 Å². The molecule has 0 bridgehead atoms. The molecule has 1 aliphatic rings. The van der Waals surface area contributed by atoms with Gasteiger partial charge in [0.2, 0.25) is 5.91 Å². The van der Waals surface area contributed by atoms with Crippen LogP contribution in [0.3, 0.4) is 0 Å². The number of amides is 1. The van der Waals surface area contributed by atoms with Crippen molar-refractivity contribution < 1.29 is 13.9 Å². The van der Waals surface area contributed by atoms with Crippen LogP contribution in [0.1, 0.15) is 72.5 Å². The molecular formula is C22H37NO3. The van der Waals surface area contributed by atoms with Crippen LogP contribution >= 0.6 is 0 Å². The van der Waals surface area contributed by atoms with E-state index in [4.69, 9.17) is 9.15 Å². The molecular weight excluding hydrogens is 326 g/mol. The number of ether oxygens (including phenoxy) is 1. The van der Waals surface area contributed by atoms with Gasteiger partial charge in [0.1, 0.15) is 5.76 Å². The predicted molar refractivity (Wildman–Crippen MR) is 105 cm³/mol. The molecule has 1 aliphatic heterocycles. The molecule has 0 aromatic carbocycles. The Balaban J connectivity index is 2.05. The Morgan fingerprint density at radius 1 is 1.31 bits per heavy atom. The van der Waals surface area contributed by atoms with Gasteiger partial charge in [-0.05, 0) is 55.1 Å². The molecule has 0 radical (unpaired) electrons. The second-order valence-corrected chi connectivity index (χ2v) is 8.81. The normalized spacial score (nSPS) is 23.6. The van der Waals surface area contributed by atoms with Crippen molar-refractivity contribution in [3.05, 3.63) is 24.2 Å². The maximum atomic E-state index is 12.1. The molecule has 2 heterocycles. The largest absolute Gasteiger partial charge is 0.467 e. The Bertz CT molecular complexity index is 538. The molecule has 1 aromatic rings. The van der Waals surface area contributed by atoms with Gasteiger partial charge in [-0.2, -0.15) is 0 Å². The number of carbonyl (C=O) groups excluding carboxylic acids is 1. The first-order valence-electron chi connectivity index (χ1n) is 10.2. The van der Waals surface area contributed by atoms with Crippen molar-refractivity contribution >= 4 is 5.91 Å². The lowest BCUT2D eigenvalue weighted by Gasteiger charge is -2.44. The third-order valence-corrected chi connectivity index (χ3v) is 5.88. The molecule has 148 valence electrons. The minimum absolute atomic E-state index is 0.118. The molecule has 1 aromatic heterocycles. The van der Waals surface area contributed by atoms with E-state index in [1.165, 1.54) is 12.8 Å². The van der Waals surface area contributed by atoms with Gasteiger partial charge in [-0.3, -0.25) is 4.79 Å². The molecule has 1 amide bonds. The quantitative estimate of drug-likeness (QED) is 0.600. The fraction of sp³-hybridized carbons (Fsp3) is 0.773. The van der Waals surface area contributed by atoms with Gasteiger partial charge in [0.25, 0.3) is 0 Å². The molecule has 0 aliphatic carbocycles. The number of rotatable bonds is 9. The van der Waals surface area contributed by atoms with Gasteiger partial charge in [0, 0.05) is 20.1 Å². The molecule has 2 rings (SSSR count). The minimum Gasteiger partial charge on any atom is -0.467 e. The van der Waals surface area contributed by atoms with E-state index < -0.39 is 0 Å². The van der Waals surface area contributed by atoms with Crippen LogP contribution in [-0.4, -0.2) is 30.1 Å². The average molecular weight is 364 g/mol. The zero-order chi connectivity index (χ0) is 19.2. The van der Waals surface area contributed by atoms with Gasteiger partial charge in [0.15, 0.2) is 0 Å². The molecule has 4 heteroatoms. The lowest BCUT2D eigenvalue weighted by atomic mass is 9.69. The maximum absolute atomic E-state index is 12.1. The summed E-state index contributed by atoms with van der Waals surface area (Å²) in [6, 6.07) is 3.82. The number of carbonyl (C=O) groups is 1. The third kappa shape index (κ3) is 6.15. The lowest BCUT2D eigenvalue weighted by Crippen LogP contribution is -2.41. The van der Waals surface area contributed by atoms with E-state index in [1.54, 1.807) is 13.2 Å². The van der Waals surface area contributed by atoms with Gasteiger partial charge in [-0.1, -0.05) is 34.1 Å². The van der Waals surface area contributed by atoms with Crippen molar-refractivity contribution in [1.29, 1.82) is 0 Å². The fourth-order valence-electron chi connectivity index (χ4n) is 3.93. The predicted octanol–water partition coefficient (Wildman–Crippen LogP) is 5.28. The highest BCUT2D eigenvalue weighted by atomic mass is 16.5. The van der Waals surface area contributed by atoms with Crippen molar-refractivity contribution in [2.24, 2.45) is 17.3 Å². The Kier molecular flexibility index (Phi) is 7.75. The van der Waals surface area contributed by atoms with Gasteiger partial charge in [-0.15, -0.1) is 0 Å². The zero-order valence-electron chi connectivity index (χ0n) is 17.3. The second kappa shape index (κ2) is 9.59. The maximum Gasteiger partial charge on any atom is 0.219 e. The van der Waals surface area contributed by atoms with Crippen molar-refractivity contribution in [2.45, 2.75) is 79.4 Å². The zero-order valence-corrected chi connectivity index (χ0v) is 17.3. The number of nitrogens with zero attached hydrogens (tertiary/aromatic N) is 1. The Morgan fingerprint density at radius 2 is 2.08 bits per heavy atom. The number of furan rings is 1. The smallest absolute Gasteiger partial charge is 0.219 e. The van der Waals surface area contributed by atoms with E-state index in [2.05, 4.69) is 27.7 Å². The SMILES string of the molecule is CC(=O)N(CC[C@@]1(CCC(C)C)CCO[C@@H](C(C)C)C1)Cc1ccco1. The molecule has 0 unspecified atom stereocenters. The van der Waals surface area contributed by atoms with Crippen LogP contribution in [0.15, 0.2) is 22.8 Å². The summed E-state index contributed by atoms with van der Waals surface area (Å²) in [5, 5.41) is 0. The van der Waals surface area contributed by atoms with E-state index in [1.807, 2.05) is 17.0 Å². The van der Waals surface area contributed by atoms with Crippen LogP contribution in [0.2, 0.25) is 0 Å².